The molecule has 0 spiro atoms. The second kappa shape index (κ2) is 6.95. The number of rotatable bonds is 2. The minimum atomic E-state index is -4.45. The number of aromatic amines is 1. The van der Waals surface area contributed by atoms with Gasteiger partial charge in [-0.25, -0.2) is 4.79 Å². The molecule has 2 aromatic rings. The number of hydrogen-bond donors (Lipinski definition) is 1. The van der Waals surface area contributed by atoms with Crippen molar-refractivity contribution in [1.82, 2.24) is 14.5 Å². The fraction of sp³-hybridized carbons (Fsp3) is 0.579. The Balaban J connectivity index is 1.57. The molecule has 1 atom stereocenters. The van der Waals surface area contributed by atoms with Gasteiger partial charge in [0.15, 0.2) is 0 Å². The van der Waals surface area contributed by atoms with Crippen LogP contribution in [0.1, 0.15) is 42.9 Å². The third kappa shape index (κ3) is 3.43. The summed E-state index contributed by atoms with van der Waals surface area (Å²) in [7, 11) is 0. The fourth-order valence-corrected chi connectivity index (χ4v) is 4.43. The Morgan fingerprint density at radius 1 is 1.11 bits per heavy atom. The van der Waals surface area contributed by atoms with Gasteiger partial charge in [0, 0.05) is 25.2 Å². The average Bonchev–Trinajstić information content (AvgIpc) is 2.95. The maximum atomic E-state index is 13.1. The number of carbonyl (C=O) groups excluding carboxylic acids is 1. The Kier molecular flexibility index (Phi) is 4.73. The molecule has 6 nitrogen and oxygen atoms in total. The number of hydrogen-bond acceptors (Lipinski definition) is 4. The summed E-state index contributed by atoms with van der Waals surface area (Å²) < 4.78 is 46.0. The zero-order valence-corrected chi connectivity index (χ0v) is 15.5. The van der Waals surface area contributed by atoms with Crippen LogP contribution in [-0.4, -0.2) is 46.2 Å². The number of fused-ring (bicyclic) bond motifs is 1. The van der Waals surface area contributed by atoms with E-state index < -0.39 is 11.7 Å². The first-order valence-corrected chi connectivity index (χ1v) is 9.46. The van der Waals surface area contributed by atoms with E-state index in [0.717, 1.165) is 25.6 Å². The molecular formula is C19H22F3N3O3. The molecule has 1 N–H and O–H groups in total. The highest BCUT2D eigenvalue weighted by atomic mass is 19.4. The van der Waals surface area contributed by atoms with Crippen molar-refractivity contribution in [3.63, 3.8) is 0 Å². The van der Waals surface area contributed by atoms with Crippen molar-refractivity contribution in [2.75, 3.05) is 19.7 Å². The highest BCUT2D eigenvalue weighted by Crippen LogP contribution is 2.35. The van der Waals surface area contributed by atoms with Crippen molar-refractivity contribution in [3.8, 4) is 0 Å². The summed E-state index contributed by atoms with van der Waals surface area (Å²) in [6.07, 6.45) is -1.85. The summed E-state index contributed by atoms with van der Waals surface area (Å²) in [5, 5.41) is 0. The average molecular weight is 397 g/mol. The third-order valence-electron chi connectivity index (χ3n) is 5.87. The van der Waals surface area contributed by atoms with Crippen LogP contribution in [0.4, 0.5) is 13.2 Å². The molecule has 1 aromatic carbocycles. The number of carbonyl (C=O) groups is 1. The highest BCUT2D eigenvalue weighted by molar-refractivity contribution is 5.77. The van der Waals surface area contributed by atoms with Crippen LogP contribution < -0.4 is 5.69 Å². The summed E-state index contributed by atoms with van der Waals surface area (Å²) in [6.45, 7) is 3.32. The van der Waals surface area contributed by atoms with Crippen molar-refractivity contribution in [3.05, 3.63) is 33.7 Å². The van der Waals surface area contributed by atoms with Gasteiger partial charge in [0.05, 0.1) is 29.6 Å². The smallest absolute Gasteiger partial charge is 0.416 e. The molecule has 2 fully saturated rings. The van der Waals surface area contributed by atoms with E-state index in [2.05, 4.69) is 9.88 Å². The van der Waals surface area contributed by atoms with Crippen LogP contribution in [0.15, 0.2) is 16.9 Å². The lowest BCUT2D eigenvalue weighted by atomic mass is 9.99. The Labute approximate surface area is 159 Å². The fourth-order valence-electron chi connectivity index (χ4n) is 4.43. The van der Waals surface area contributed by atoms with E-state index in [4.69, 9.17) is 4.74 Å². The summed E-state index contributed by atoms with van der Waals surface area (Å²) in [6, 6.07) is 2.55. The second-order valence-corrected chi connectivity index (χ2v) is 7.62. The predicted octanol–water partition coefficient (Wildman–Crippen LogP) is 3.00. The van der Waals surface area contributed by atoms with Gasteiger partial charge in [-0.15, -0.1) is 0 Å². The number of aromatic nitrogens is 2. The number of imidazole rings is 1. The van der Waals surface area contributed by atoms with Crippen molar-refractivity contribution in [1.29, 1.82) is 0 Å². The number of esters is 1. The standard InChI is InChI=1S/C19H22F3N3O3/c1-11-8-16-15(10-14(11)19(20,21)22)23-18(27)25(16)12-2-5-24(6-3-12)13-4-7-28-17(26)9-13/h8,10,12-13H,2-7,9H2,1H3,(H,23,27). The van der Waals surface area contributed by atoms with E-state index in [1.165, 1.54) is 13.0 Å². The number of benzene rings is 1. The number of piperidine rings is 1. The molecule has 152 valence electrons. The van der Waals surface area contributed by atoms with Crippen molar-refractivity contribution < 1.29 is 22.7 Å². The van der Waals surface area contributed by atoms with Gasteiger partial charge in [-0.05, 0) is 43.9 Å². The SMILES string of the molecule is Cc1cc2c(cc1C(F)(F)F)[nH]c(=O)n2C1CCN(C2CCOC(=O)C2)CC1. The second-order valence-electron chi connectivity index (χ2n) is 7.62. The summed E-state index contributed by atoms with van der Waals surface area (Å²) in [5.74, 6) is -0.179. The van der Waals surface area contributed by atoms with Gasteiger partial charge in [-0.1, -0.05) is 0 Å². The first kappa shape index (κ1) is 19.0. The van der Waals surface area contributed by atoms with E-state index in [-0.39, 0.29) is 34.8 Å². The molecule has 2 aliphatic heterocycles. The van der Waals surface area contributed by atoms with Gasteiger partial charge in [0.2, 0.25) is 0 Å². The number of ether oxygens (including phenoxy) is 1. The molecule has 28 heavy (non-hydrogen) atoms. The number of cyclic esters (lactones) is 1. The van der Waals surface area contributed by atoms with Crippen LogP contribution in [0.25, 0.3) is 11.0 Å². The molecule has 9 heteroatoms. The maximum Gasteiger partial charge on any atom is 0.416 e. The largest absolute Gasteiger partial charge is 0.466 e. The molecule has 0 bridgehead atoms. The molecule has 0 saturated carbocycles. The number of nitrogens with zero attached hydrogens (tertiary/aromatic N) is 2. The van der Waals surface area contributed by atoms with Crippen LogP contribution in [0.5, 0.6) is 0 Å². The van der Waals surface area contributed by atoms with E-state index in [1.807, 2.05) is 0 Å². The molecule has 0 aliphatic carbocycles. The van der Waals surface area contributed by atoms with Crippen molar-refractivity contribution >= 4 is 17.0 Å². The lowest BCUT2D eigenvalue weighted by Crippen LogP contribution is -2.46. The lowest BCUT2D eigenvalue weighted by molar-refractivity contribution is -0.150. The van der Waals surface area contributed by atoms with Crippen molar-refractivity contribution in [2.45, 2.75) is 50.9 Å². The van der Waals surface area contributed by atoms with Gasteiger partial charge < -0.3 is 9.72 Å². The van der Waals surface area contributed by atoms with Crippen LogP contribution in [0, 0.1) is 6.92 Å². The van der Waals surface area contributed by atoms with E-state index >= 15 is 0 Å². The van der Waals surface area contributed by atoms with Crippen molar-refractivity contribution in [2.24, 2.45) is 0 Å². The van der Waals surface area contributed by atoms with Gasteiger partial charge >= 0.3 is 17.8 Å². The first-order valence-electron chi connectivity index (χ1n) is 9.46. The molecule has 1 unspecified atom stereocenters. The Morgan fingerprint density at radius 3 is 2.46 bits per heavy atom. The monoisotopic (exact) mass is 397 g/mol. The molecule has 0 radical (unpaired) electrons. The molecule has 1 aromatic heterocycles. The minimum absolute atomic E-state index is 0.0795. The molecule has 2 saturated heterocycles. The number of halogens is 3. The molecule has 4 rings (SSSR count). The van der Waals surface area contributed by atoms with Gasteiger partial charge in [0.25, 0.3) is 0 Å². The van der Waals surface area contributed by atoms with E-state index in [1.54, 1.807) is 4.57 Å². The van der Waals surface area contributed by atoms with Gasteiger partial charge in [-0.2, -0.15) is 13.2 Å². The third-order valence-corrected chi connectivity index (χ3v) is 5.87. The van der Waals surface area contributed by atoms with Crippen LogP contribution in [-0.2, 0) is 15.7 Å². The summed E-state index contributed by atoms with van der Waals surface area (Å²) in [5.41, 5.74) is -0.290. The zero-order chi connectivity index (χ0) is 20.1. The normalized spacial score (nSPS) is 22.6. The van der Waals surface area contributed by atoms with Crippen LogP contribution >= 0.6 is 0 Å². The number of likely N-dealkylation sites (tertiary alicyclic amines) is 1. The Bertz CT molecular complexity index is 955. The number of aryl methyl sites for hydroxylation is 1. The number of H-pyrrole nitrogens is 1. The number of alkyl halides is 3. The predicted molar refractivity (Wildman–Crippen MR) is 96.1 cm³/mol. The quantitative estimate of drug-likeness (QED) is 0.792. The van der Waals surface area contributed by atoms with Gasteiger partial charge in [0.1, 0.15) is 0 Å². The molecular weight excluding hydrogens is 375 g/mol. The number of nitrogens with one attached hydrogen (secondary N) is 1. The molecule has 0 amide bonds. The summed E-state index contributed by atoms with van der Waals surface area (Å²) >= 11 is 0. The Morgan fingerprint density at radius 2 is 1.82 bits per heavy atom. The van der Waals surface area contributed by atoms with E-state index in [0.29, 0.717) is 31.4 Å². The lowest BCUT2D eigenvalue weighted by Gasteiger charge is -2.38. The van der Waals surface area contributed by atoms with Gasteiger partial charge in [-0.3, -0.25) is 14.3 Å². The summed E-state index contributed by atoms with van der Waals surface area (Å²) in [4.78, 5) is 28.8. The maximum absolute atomic E-state index is 13.1. The first-order chi connectivity index (χ1) is 13.2. The molecule has 2 aliphatic rings. The zero-order valence-electron chi connectivity index (χ0n) is 15.5. The molecule has 3 heterocycles. The van der Waals surface area contributed by atoms with Crippen LogP contribution in [0.3, 0.4) is 0 Å². The van der Waals surface area contributed by atoms with E-state index in [9.17, 15) is 22.8 Å². The topological polar surface area (TPSA) is 67.3 Å². The highest BCUT2D eigenvalue weighted by Gasteiger charge is 2.34. The van der Waals surface area contributed by atoms with Crippen LogP contribution in [0.2, 0.25) is 0 Å². The Hall–Kier alpha value is -2.29. The minimum Gasteiger partial charge on any atom is -0.466 e.